The van der Waals surface area contributed by atoms with Gasteiger partial charge in [0.25, 0.3) is 5.69 Å². The summed E-state index contributed by atoms with van der Waals surface area (Å²) in [6, 6.07) is 5.83. The lowest BCUT2D eigenvalue weighted by atomic mass is 10.3. The van der Waals surface area contributed by atoms with Gasteiger partial charge in [-0.3, -0.25) is 10.1 Å². The van der Waals surface area contributed by atoms with Crippen molar-refractivity contribution in [2.75, 3.05) is 0 Å². The highest BCUT2D eigenvalue weighted by Crippen LogP contribution is 2.25. The lowest BCUT2D eigenvalue weighted by Gasteiger charge is -2.04. The molecule has 0 bridgehead atoms. The van der Waals surface area contributed by atoms with Gasteiger partial charge in [0.15, 0.2) is 11.6 Å². The van der Waals surface area contributed by atoms with Crippen molar-refractivity contribution in [3.05, 3.63) is 52.1 Å². The van der Waals surface area contributed by atoms with Crippen LogP contribution in [0.4, 0.5) is 10.1 Å². The maximum atomic E-state index is 13.5. The summed E-state index contributed by atoms with van der Waals surface area (Å²) in [7, 11) is 0. The summed E-state index contributed by atoms with van der Waals surface area (Å²) in [4.78, 5) is 17.1. The Bertz CT molecular complexity index is 684. The summed E-state index contributed by atoms with van der Waals surface area (Å²) < 4.78 is 18.5. The van der Waals surface area contributed by atoms with Crippen molar-refractivity contribution in [2.45, 2.75) is 0 Å². The zero-order valence-corrected chi connectivity index (χ0v) is 9.28. The Morgan fingerprint density at radius 1 is 1.42 bits per heavy atom. The highest BCUT2D eigenvalue weighted by atomic mass is 19.1. The van der Waals surface area contributed by atoms with Crippen LogP contribution in [0.15, 0.2) is 30.5 Å². The minimum Gasteiger partial charge on any atom is -0.421 e. The van der Waals surface area contributed by atoms with Crippen molar-refractivity contribution >= 4 is 5.69 Å². The number of nitro groups is 1. The van der Waals surface area contributed by atoms with Crippen LogP contribution >= 0.6 is 0 Å². The second-order valence-electron chi connectivity index (χ2n) is 3.31. The van der Waals surface area contributed by atoms with E-state index in [0.29, 0.717) is 0 Å². The average molecular weight is 260 g/mol. The Morgan fingerprint density at radius 3 is 2.84 bits per heavy atom. The van der Waals surface area contributed by atoms with Crippen LogP contribution in [0.5, 0.6) is 11.8 Å². The third-order valence-electron chi connectivity index (χ3n) is 2.08. The van der Waals surface area contributed by atoms with Gasteiger partial charge in [-0.2, -0.15) is 10.2 Å². The molecule has 0 saturated heterocycles. The molecule has 0 atom stereocenters. The molecule has 0 saturated carbocycles. The van der Waals surface area contributed by atoms with Crippen molar-refractivity contribution in [1.29, 1.82) is 5.26 Å². The minimum absolute atomic E-state index is 0.0623. The summed E-state index contributed by atoms with van der Waals surface area (Å²) in [6.45, 7) is 0. The van der Waals surface area contributed by atoms with E-state index in [2.05, 4.69) is 9.97 Å². The number of nitriles is 1. The van der Waals surface area contributed by atoms with Crippen LogP contribution in [0.3, 0.4) is 0 Å². The first kappa shape index (κ1) is 12.4. The lowest BCUT2D eigenvalue weighted by Crippen LogP contribution is -1.96. The van der Waals surface area contributed by atoms with E-state index in [-0.39, 0.29) is 17.5 Å². The van der Waals surface area contributed by atoms with Gasteiger partial charge in [0.05, 0.1) is 11.0 Å². The molecule has 0 aliphatic rings. The van der Waals surface area contributed by atoms with Gasteiger partial charge in [0.1, 0.15) is 11.8 Å². The van der Waals surface area contributed by atoms with E-state index in [1.54, 1.807) is 6.07 Å². The molecule has 1 aromatic heterocycles. The van der Waals surface area contributed by atoms with Crippen molar-refractivity contribution in [3.63, 3.8) is 0 Å². The lowest BCUT2D eigenvalue weighted by molar-refractivity contribution is -0.385. The Hall–Kier alpha value is -3.08. The highest BCUT2D eigenvalue weighted by Gasteiger charge is 2.13. The molecule has 2 aromatic rings. The number of nitro benzene ring substituents is 1. The van der Waals surface area contributed by atoms with Crippen LogP contribution in [0, 0.1) is 27.3 Å². The first-order chi connectivity index (χ1) is 9.10. The summed E-state index contributed by atoms with van der Waals surface area (Å²) in [5.41, 5.74) is -0.330. The number of non-ortho nitro benzene ring substituents is 1. The Labute approximate surface area is 106 Å². The van der Waals surface area contributed by atoms with Crippen LogP contribution in [-0.4, -0.2) is 14.9 Å². The van der Waals surface area contributed by atoms with E-state index in [0.717, 1.165) is 18.2 Å². The molecule has 94 valence electrons. The molecular weight excluding hydrogens is 255 g/mol. The van der Waals surface area contributed by atoms with Crippen molar-refractivity contribution < 1.29 is 14.1 Å². The Kier molecular flexibility index (Phi) is 3.29. The molecule has 0 fully saturated rings. The smallest absolute Gasteiger partial charge is 0.323 e. The predicted molar refractivity (Wildman–Crippen MR) is 59.9 cm³/mol. The number of hydrogen-bond acceptors (Lipinski definition) is 6. The maximum absolute atomic E-state index is 13.5. The molecule has 0 aliphatic carbocycles. The van der Waals surface area contributed by atoms with E-state index in [4.69, 9.17) is 10.00 Å². The molecule has 0 unspecified atom stereocenters. The molecule has 0 amide bonds. The molecule has 0 radical (unpaired) electrons. The third kappa shape index (κ3) is 2.78. The summed E-state index contributed by atoms with van der Waals surface area (Å²) in [5.74, 6) is -1.18. The quantitative estimate of drug-likeness (QED) is 0.619. The van der Waals surface area contributed by atoms with E-state index < -0.39 is 16.4 Å². The number of hydrogen-bond donors (Lipinski definition) is 0. The number of rotatable bonds is 3. The molecule has 0 spiro atoms. The molecule has 19 heavy (non-hydrogen) atoms. The Balaban J connectivity index is 2.28. The van der Waals surface area contributed by atoms with E-state index in [1.165, 1.54) is 12.3 Å². The number of nitrogens with zero attached hydrogens (tertiary/aromatic N) is 4. The van der Waals surface area contributed by atoms with Gasteiger partial charge in [-0.05, 0) is 12.1 Å². The van der Waals surface area contributed by atoms with Gasteiger partial charge < -0.3 is 4.74 Å². The zero-order valence-electron chi connectivity index (χ0n) is 9.28. The van der Waals surface area contributed by atoms with Gasteiger partial charge in [-0.1, -0.05) is 0 Å². The monoisotopic (exact) mass is 260 g/mol. The van der Waals surface area contributed by atoms with Gasteiger partial charge in [0.2, 0.25) is 0 Å². The molecule has 7 nitrogen and oxygen atoms in total. The van der Waals surface area contributed by atoms with Gasteiger partial charge in [-0.25, -0.2) is 9.37 Å². The van der Waals surface area contributed by atoms with Crippen molar-refractivity contribution in [2.24, 2.45) is 0 Å². The topological polar surface area (TPSA) is 102 Å². The van der Waals surface area contributed by atoms with E-state index >= 15 is 0 Å². The average Bonchev–Trinajstić information content (AvgIpc) is 2.41. The summed E-state index contributed by atoms with van der Waals surface area (Å²) in [5, 5.41) is 19.1. The van der Waals surface area contributed by atoms with Crippen molar-refractivity contribution in [1.82, 2.24) is 9.97 Å². The fraction of sp³-hybridized carbons (Fsp3) is 0. The first-order valence-corrected chi connectivity index (χ1v) is 4.95. The minimum atomic E-state index is -0.917. The summed E-state index contributed by atoms with van der Waals surface area (Å²) in [6.07, 6.45) is 1.28. The van der Waals surface area contributed by atoms with Crippen molar-refractivity contribution in [3.8, 4) is 17.8 Å². The molecular formula is C11H5FN4O3. The van der Waals surface area contributed by atoms with Crippen LogP contribution in [0.25, 0.3) is 0 Å². The van der Waals surface area contributed by atoms with Crippen LogP contribution in [-0.2, 0) is 0 Å². The van der Waals surface area contributed by atoms with Crippen LogP contribution in [0.1, 0.15) is 5.69 Å². The first-order valence-electron chi connectivity index (χ1n) is 4.95. The standard InChI is InChI=1S/C11H5FN4O3/c12-9-5-8(16(17)18)1-2-10(9)19-11-14-4-3-7(6-13)15-11/h1-5H. The van der Waals surface area contributed by atoms with Gasteiger partial charge in [0, 0.05) is 12.3 Å². The van der Waals surface area contributed by atoms with E-state index in [9.17, 15) is 14.5 Å². The fourth-order valence-corrected chi connectivity index (χ4v) is 1.24. The predicted octanol–water partition coefficient (Wildman–Crippen LogP) is 2.19. The summed E-state index contributed by atoms with van der Waals surface area (Å²) >= 11 is 0. The number of aromatic nitrogens is 2. The van der Waals surface area contributed by atoms with Crippen LogP contribution < -0.4 is 4.74 Å². The normalized spacial score (nSPS) is 9.68. The Morgan fingerprint density at radius 2 is 2.21 bits per heavy atom. The molecule has 8 heteroatoms. The number of benzene rings is 1. The second kappa shape index (κ2) is 5.05. The third-order valence-corrected chi connectivity index (χ3v) is 2.08. The number of halogens is 1. The van der Waals surface area contributed by atoms with Gasteiger partial charge in [-0.15, -0.1) is 0 Å². The van der Waals surface area contributed by atoms with Gasteiger partial charge >= 0.3 is 6.01 Å². The largest absolute Gasteiger partial charge is 0.421 e. The number of ether oxygens (including phenoxy) is 1. The van der Waals surface area contributed by atoms with E-state index in [1.807, 2.05) is 0 Å². The molecule has 2 rings (SSSR count). The van der Waals surface area contributed by atoms with Crippen LogP contribution in [0.2, 0.25) is 0 Å². The molecule has 1 heterocycles. The second-order valence-corrected chi connectivity index (χ2v) is 3.31. The molecule has 0 aliphatic heterocycles. The fourth-order valence-electron chi connectivity index (χ4n) is 1.24. The molecule has 0 N–H and O–H groups in total. The highest BCUT2D eigenvalue weighted by molar-refractivity contribution is 5.38. The molecule has 1 aromatic carbocycles. The zero-order chi connectivity index (χ0) is 13.8. The maximum Gasteiger partial charge on any atom is 0.323 e. The SMILES string of the molecule is N#Cc1ccnc(Oc2ccc([N+](=O)[O-])cc2F)n1.